The van der Waals surface area contributed by atoms with Gasteiger partial charge in [-0.3, -0.25) is 5.01 Å². The molecule has 0 saturated carbocycles. The molecule has 3 nitrogen and oxygen atoms in total. The molecule has 116 valence electrons. The number of hydrogen-bond acceptors (Lipinski definition) is 3. The molecule has 0 aromatic heterocycles. The van der Waals surface area contributed by atoms with Crippen LogP contribution in [0.3, 0.4) is 0 Å². The van der Waals surface area contributed by atoms with Gasteiger partial charge in [0.2, 0.25) is 0 Å². The zero-order valence-corrected chi connectivity index (χ0v) is 15.4. The first-order valence-corrected chi connectivity index (χ1v) is 10.6. The highest BCUT2D eigenvalue weighted by Crippen LogP contribution is 2.38. The minimum atomic E-state index is -1.81. The van der Waals surface area contributed by atoms with Crippen LogP contribution >= 0.6 is 0 Å². The third-order valence-electron chi connectivity index (χ3n) is 4.59. The van der Waals surface area contributed by atoms with Gasteiger partial charge >= 0.3 is 0 Å². The monoisotopic (exact) mass is 304 g/mol. The SMILES string of the molecule is Cc1ccc(N2CC(C)C(O[Si](C)(C)C(C)(C)C)=N2)cc1. The van der Waals surface area contributed by atoms with Crippen molar-refractivity contribution in [1.82, 2.24) is 0 Å². The summed E-state index contributed by atoms with van der Waals surface area (Å²) in [6.07, 6.45) is 0. The Morgan fingerprint density at radius 2 is 1.76 bits per heavy atom. The first-order chi connectivity index (χ1) is 9.60. The molecule has 1 atom stereocenters. The van der Waals surface area contributed by atoms with Crippen molar-refractivity contribution in [2.24, 2.45) is 11.0 Å². The van der Waals surface area contributed by atoms with Gasteiger partial charge in [-0.05, 0) is 37.2 Å². The molecule has 0 aliphatic carbocycles. The number of anilines is 1. The van der Waals surface area contributed by atoms with Crippen molar-refractivity contribution < 1.29 is 4.43 Å². The van der Waals surface area contributed by atoms with Crippen LogP contribution in [0.5, 0.6) is 0 Å². The van der Waals surface area contributed by atoms with Crippen molar-refractivity contribution in [3.05, 3.63) is 29.8 Å². The largest absolute Gasteiger partial charge is 0.532 e. The van der Waals surface area contributed by atoms with Crippen LogP contribution in [0.25, 0.3) is 0 Å². The van der Waals surface area contributed by atoms with E-state index in [9.17, 15) is 0 Å². The third-order valence-corrected chi connectivity index (χ3v) is 8.92. The summed E-state index contributed by atoms with van der Waals surface area (Å²) in [5, 5.41) is 6.99. The molecule has 4 heteroatoms. The second-order valence-electron chi connectivity index (χ2n) is 7.62. The summed E-state index contributed by atoms with van der Waals surface area (Å²) in [7, 11) is -1.81. The first-order valence-electron chi connectivity index (χ1n) is 7.72. The highest BCUT2D eigenvalue weighted by atomic mass is 28.4. The molecular weight excluding hydrogens is 276 g/mol. The van der Waals surface area contributed by atoms with Gasteiger partial charge in [-0.25, -0.2) is 0 Å². The van der Waals surface area contributed by atoms with E-state index in [1.165, 1.54) is 5.56 Å². The molecule has 1 unspecified atom stereocenters. The zero-order chi connectivity index (χ0) is 15.8. The Kier molecular flexibility index (Phi) is 4.20. The average molecular weight is 305 g/mol. The summed E-state index contributed by atoms with van der Waals surface area (Å²) in [5.41, 5.74) is 2.41. The van der Waals surface area contributed by atoms with Crippen molar-refractivity contribution in [3.63, 3.8) is 0 Å². The fourth-order valence-electron chi connectivity index (χ4n) is 2.01. The maximum Gasteiger partial charge on any atom is 0.252 e. The van der Waals surface area contributed by atoms with Crippen LogP contribution in [0.1, 0.15) is 33.3 Å². The lowest BCUT2D eigenvalue weighted by Gasteiger charge is -2.36. The fourth-order valence-corrected chi connectivity index (χ4v) is 3.08. The second-order valence-corrected chi connectivity index (χ2v) is 12.3. The quantitative estimate of drug-likeness (QED) is 0.734. The maximum absolute atomic E-state index is 6.40. The molecule has 1 aromatic carbocycles. The van der Waals surface area contributed by atoms with E-state index in [1.807, 2.05) is 0 Å². The summed E-state index contributed by atoms with van der Waals surface area (Å²) in [5.74, 6) is 1.25. The minimum absolute atomic E-state index is 0.201. The number of hydrogen-bond donors (Lipinski definition) is 0. The van der Waals surface area contributed by atoms with Gasteiger partial charge in [-0.2, -0.15) is 0 Å². The van der Waals surface area contributed by atoms with Crippen molar-refractivity contribution >= 4 is 19.9 Å². The molecule has 1 heterocycles. The molecule has 0 bridgehead atoms. The molecule has 0 spiro atoms. The van der Waals surface area contributed by atoms with Gasteiger partial charge in [0.1, 0.15) is 0 Å². The molecule has 1 aliphatic heterocycles. The van der Waals surface area contributed by atoms with Gasteiger partial charge in [0, 0.05) is 0 Å². The Morgan fingerprint density at radius 1 is 1.19 bits per heavy atom. The molecule has 21 heavy (non-hydrogen) atoms. The minimum Gasteiger partial charge on any atom is -0.532 e. The lowest BCUT2D eigenvalue weighted by atomic mass is 10.2. The fraction of sp³-hybridized carbons (Fsp3) is 0.588. The lowest BCUT2D eigenvalue weighted by molar-refractivity contribution is 0.462. The number of aryl methyl sites for hydroxylation is 1. The molecule has 0 fully saturated rings. The normalized spacial score (nSPS) is 19.7. The molecule has 1 aliphatic rings. The van der Waals surface area contributed by atoms with Crippen molar-refractivity contribution in [1.29, 1.82) is 0 Å². The highest BCUT2D eigenvalue weighted by molar-refractivity contribution is 6.75. The van der Waals surface area contributed by atoms with E-state index in [2.05, 4.69) is 77.0 Å². The van der Waals surface area contributed by atoms with E-state index in [-0.39, 0.29) is 5.04 Å². The first kappa shape index (κ1) is 16.1. The van der Waals surface area contributed by atoms with Crippen molar-refractivity contribution in [2.45, 2.75) is 52.8 Å². The van der Waals surface area contributed by atoms with E-state index >= 15 is 0 Å². The number of benzene rings is 1. The Hall–Kier alpha value is -1.29. The van der Waals surface area contributed by atoms with Gasteiger partial charge in [0.15, 0.2) is 5.90 Å². The van der Waals surface area contributed by atoms with Crippen LogP contribution in [-0.2, 0) is 4.43 Å². The van der Waals surface area contributed by atoms with Gasteiger partial charge in [-0.15, -0.1) is 5.10 Å². The topological polar surface area (TPSA) is 24.8 Å². The predicted octanol–water partition coefficient (Wildman–Crippen LogP) is 4.79. The second kappa shape index (κ2) is 5.48. The molecule has 2 rings (SSSR count). The molecular formula is C17H28N2OSi. The Morgan fingerprint density at radius 3 is 2.29 bits per heavy atom. The molecule has 0 amide bonds. The number of hydrazone groups is 1. The van der Waals surface area contributed by atoms with Crippen LogP contribution in [0.15, 0.2) is 29.4 Å². The predicted molar refractivity (Wildman–Crippen MR) is 93.4 cm³/mol. The van der Waals surface area contributed by atoms with E-state index < -0.39 is 8.32 Å². The van der Waals surface area contributed by atoms with Crippen LogP contribution < -0.4 is 5.01 Å². The van der Waals surface area contributed by atoms with Crippen LogP contribution in [-0.4, -0.2) is 20.8 Å². The van der Waals surface area contributed by atoms with Crippen molar-refractivity contribution in [2.75, 3.05) is 11.6 Å². The molecule has 0 N–H and O–H groups in total. The Balaban J connectivity index is 2.17. The number of rotatable bonds is 2. The maximum atomic E-state index is 6.40. The average Bonchev–Trinajstić information content (AvgIpc) is 2.70. The summed E-state index contributed by atoms with van der Waals surface area (Å²) in [6, 6.07) is 8.51. The summed E-state index contributed by atoms with van der Waals surface area (Å²) >= 11 is 0. The molecule has 0 radical (unpaired) electrons. The van der Waals surface area contributed by atoms with Gasteiger partial charge in [0.25, 0.3) is 8.32 Å². The smallest absolute Gasteiger partial charge is 0.252 e. The summed E-state index contributed by atoms with van der Waals surface area (Å²) < 4.78 is 6.40. The summed E-state index contributed by atoms with van der Waals surface area (Å²) in [4.78, 5) is 0. The zero-order valence-electron chi connectivity index (χ0n) is 14.4. The van der Waals surface area contributed by atoms with E-state index in [4.69, 9.17) is 9.53 Å². The van der Waals surface area contributed by atoms with E-state index in [0.717, 1.165) is 18.1 Å². The van der Waals surface area contributed by atoms with Crippen LogP contribution in [0.4, 0.5) is 5.69 Å². The summed E-state index contributed by atoms with van der Waals surface area (Å²) in [6.45, 7) is 16.5. The van der Waals surface area contributed by atoms with Gasteiger partial charge < -0.3 is 4.43 Å². The lowest BCUT2D eigenvalue weighted by Crippen LogP contribution is -2.43. The molecule has 1 aromatic rings. The van der Waals surface area contributed by atoms with Gasteiger partial charge in [0.05, 0.1) is 18.2 Å². The third kappa shape index (κ3) is 3.49. The standard InChI is InChI=1S/C17H28N2OSi/c1-13-8-10-15(11-9-13)19-12-14(2)16(18-19)20-21(6,7)17(3,4)5/h8-11,14H,12H2,1-7H3. The number of nitrogens with zero attached hydrogens (tertiary/aromatic N) is 2. The van der Waals surface area contributed by atoms with E-state index in [1.54, 1.807) is 0 Å². The highest BCUT2D eigenvalue weighted by Gasteiger charge is 2.41. The van der Waals surface area contributed by atoms with Gasteiger partial charge in [-0.1, -0.05) is 45.4 Å². The van der Waals surface area contributed by atoms with Crippen LogP contribution in [0, 0.1) is 12.8 Å². The van der Waals surface area contributed by atoms with Crippen LogP contribution in [0.2, 0.25) is 18.1 Å². The van der Waals surface area contributed by atoms with Crippen molar-refractivity contribution in [3.8, 4) is 0 Å². The van der Waals surface area contributed by atoms with E-state index in [0.29, 0.717) is 5.92 Å². The molecule has 0 saturated heterocycles. The Bertz CT molecular complexity index is 529. The Labute approximate surface area is 130 Å².